The molecule has 0 atom stereocenters. The lowest BCUT2D eigenvalue weighted by Gasteiger charge is -2.14. The molecule has 0 amide bonds. The highest BCUT2D eigenvalue weighted by atomic mass is 79.9. The molecular weight excluding hydrogens is 454 g/mol. The predicted octanol–water partition coefficient (Wildman–Crippen LogP) is 1.85. The molecular formula is C17H16BrN3O8. The number of halogens is 1. The third kappa shape index (κ3) is 5.54. The molecule has 12 heteroatoms. The minimum Gasteiger partial charge on any atom is -0.490 e. The predicted molar refractivity (Wildman–Crippen MR) is 106 cm³/mol. The lowest BCUT2D eigenvalue weighted by Crippen LogP contribution is -2.25. The summed E-state index contributed by atoms with van der Waals surface area (Å²) >= 11 is 3.32. The highest BCUT2D eigenvalue weighted by molar-refractivity contribution is 9.10. The van der Waals surface area contributed by atoms with Crippen molar-refractivity contribution in [1.82, 2.24) is 9.97 Å². The SMILES string of the molecule is CCOc1cc(/C=C/c2[nH]c(=O)[nH]c(=O)c2[N+](=O)[O-])cc(Br)c1OCC(=O)OC. The molecule has 2 rings (SSSR count). The first kappa shape index (κ1) is 21.9. The molecule has 29 heavy (non-hydrogen) atoms. The van der Waals surface area contributed by atoms with Gasteiger partial charge in [-0.2, -0.15) is 0 Å². The fourth-order valence-electron chi connectivity index (χ4n) is 2.26. The molecule has 1 aromatic carbocycles. The van der Waals surface area contributed by atoms with Gasteiger partial charge in [-0.3, -0.25) is 19.9 Å². The van der Waals surface area contributed by atoms with Gasteiger partial charge in [-0.05, 0) is 46.6 Å². The van der Waals surface area contributed by atoms with Gasteiger partial charge in [0.25, 0.3) is 0 Å². The van der Waals surface area contributed by atoms with Crippen LogP contribution >= 0.6 is 15.9 Å². The minimum atomic E-state index is -1.11. The van der Waals surface area contributed by atoms with Gasteiger partial charge in [-0.25, -0.2) is 9.59 Å². The van der Waals surface area contributed by atoms with Crippen molar-refractivity contribution in [2.45, 2.75) is 6.92 Å². The van der Waals surface area contributed by atoms with E-state index in [2.05, 4.69) is 25.7 Å². The Balaban J connectivity index is 2.44. The number of ether oxygens (including phenoxy) is 3. The first-order valence-electron chi connectivity index (χ1n) is 8.11. The fraction of sp³-hybridized carbons (Fsp3) is 0.235. The number of rotatable bonds is 8. The molecule has 0 aliphatic rings. The van der Waals surface area contributed by atoms with Crippen LogP contribution in [0.2, 0.25) is 0 Å². The van der Waals surface area contributed by atoms with Crippen molar-refractivity contribution in [3.05, 3.63) is 58.8 Å². The third-order valence-corrected chi connectivity index (χ3v) is 4.05. The Labute approximate surface area is 171 Å². The Morgan fingerprint density at radius 2 is 1.97 bits per heavy atom. The maximum absolute atomic E-state index is 11.7. The normalized spacial score (nSPS) is 10.7. The topological polar surface area (TPSA) is 154 Å². The Morgan fingerprint density at radius 1 is 1.24 bits per heavy atom. The van der Waals surface area contributed by atoms with Gasteiger partial charge in [0, 0.05) is 0 Å². The van der Waals surface area contributed by atoms with Crippen LogP contribution in [0.4, 0.5) is 5.69 Å². The van der Waals surface area contributed by atoms with E-state index in [9.17, 15) is 24.5 Å². The van der Waals surface area contributed by atoms with Crippen molar-refractivity contribution in [1.29, 1.82) is 0 Å². The van der Waals surface area contributed by atoms with E-state index in [0.717, 1.165) is 0 Å². The molecule has 2 N–H and O–H groups in total. The quantitative estimate of drug-likeness (QED) is 0.337. The number of carbonyl (C=O) groups is 1. The van der Waals surface area contributed by atoms with Crippen LogP contribution in [-0.4, -0.2) is 41.2 Å². The number of benzene rings is 1. The number of carbonyl (C=O) groups excluding carboxylic acids is 1. The monoisotopic (exact) mass is 469 g/mol. The van der Waals surface area contributed by atoms with E-state index in [1.165, 1.54) is 19.3 Å². The van der Waals surface area contributed by atoms with Crippen molar-refractivity contribution in [3.63, 3.8) is 0 Å². The van der Waals surface area contributed by atoms with Crippen molar-refractivity contribution < 1.29 is 23.9 Å². The Morgan fingerprint density at radius 3 is 2.59 bits per heavy atom. The van der Waals surface area contributed by atoms with Crippen LogP contribution in [0.25, 0.3) is 12.2 Å². The molecule has 2 aromatic rings. The fourth-order valence-corrected chi connectivity index (χ4v) is 2.83. The van der Waals surface area contributed by atoms with E-state index in [4.69, 9.17) is 9.47 Å². The molecule has 0 saturated carbocycles. The van der Waals surface area contributed by atoms with Gasteiger partial charge >= 0.3 is 22.9 Å². The third-order valence-electron chi connectivity index (χ3n) is 3.46. The number of nitro groups is 1. The largest absolute Gasteiger partial charge is 0.490 e. The molecule has 0 radical (unpaired) electrons. The van der Waals surface area contributed by atoms with Gasteiger partial charge in [-0.15, -0.1) is 0 Å². The molecule has 11 nitrogen and oxygen atoms in total. The summed E-state index contributed by atoms with van der Waals surface area (Å²) in [6.07, 6.45) is 2.66. The van der Waals surface area contributed by atoms with E-state index >= 15 is 0 Å². The zero-order valence-electron chi connectivity index (χ0n) is 15.3. The summed E-state index contributed by atoms with van der Waals surface area (Å²) < 4.78 is 15.9. The maximum atomic E-state index is 11.7. The minimum absolute atomic E-state index is 0.260. The Kier molecular flexibility index (Phi) is 7.31. The van der Waals surface area contributed by atoms with Gasteiger partial charge in [0.05, 0.1) is 23.1 Å². The number of esters is 1. The molecule has 0 bridgehead atoms. The molecule has 1 heterocycles. The Hall–Kier alpha value is -3.41. The maximum Gasteiger partial charge on any atom is 0.357 e. The highest BCUT2D eigenvalue weighted by Gasteiger charge is 2.19. The van der Waals surface area contributed by atoms with E-state index in [-0.39, 0.29) is 18.1 Å². The van der Waals surface area contributed by atoms with Crippen LogP contribution in [0.1, 0.15) is 18.2 Å². The van der Waals surface area contributed by atoms with Crippen LogP contribution in [0.3, 0.4) is 0 Å². The first-order valence-corrected chi connectivity index (χ1v) is 8.91. The first-order chi connectivity index (χ1) is 13.8. The highest BCUT2D eigenvalue weighted by Crippen LogP contribution is 2.37. The summed E-state index contributed by atoms with van der Waals surface area (Å²) in [5.41, 5.74) is -2.52. The second-order valence-electron chi connectivity index (χ2n) is 5.39. The summed E-state index contributed by atoms with van der Waals surface area (Å²) in [4.78, 5) is 48.6. The molecule has 0 unspecified atom stereocenters. The average molecular weight is 470 g/mol. The lowest BCUT2D eigenvalue weighted by molar-refractivity contribution is -0.386. The number of aromatic amines is 2. The van der Waals surface area contributed by atoms with E-state index in [1.54, 1.807) is 24.0 Å². The van der Waals surface area contributed by atoms with Gasteiger partial charge in [0.15, 0.2) is 18.1 Å². The second kappa shape index (κ2) is 9.68. The molecule has 1 aromatic heterocycles. The van der Waals surface area contributed by atoms with Gasteiger partial charge < -0.3 is 19.2 Å². The molecule has 0 saturated heterocycles. The summed E-state index contributed by atoms with van der Waals surface area (Å²) in [6.45, 7) is 1.73. The zero-order chi connectivity index (χ0) is 21.6. The number of nitrogens with zero attached hydrogens (tertiary/aromatic N) is 1. The number of H-pyrrole nitrogens is 2. The molecule has 0 aliphatic heterocycles. The van der Waals surface area contributed by atoms with E-state index in [1.807, 2.05) is 0 Å². The molecule has 154 valence electrons. The van der Waals surface area contributed by atoms with E-state index in [0.29, 0.717) is 22.4 Å². The van der Waals surface area contributed by atoms with Gasteiger partial charge in [0.2, 0.25) is 0 Å². The number of methoxy groups -OCH3 is 1. The molecule has 0 aliphatic carbocycles. The molecule has 0 fully saturated rings. The van der Waals surface area contributed by atoms with Crippen LogP contribution < -0.4 is 20.7 Å². The number of aromatic nitrogens is 2. The lowest BCUT2D eigenvalue weighted by atomic mass is 10.1. The van der Waals surface area contributed by atoms with Crippen molar-refractivity contribution in [2.24, 2.45) is 0 Å². The van der Waals surface area contributed by atoms with Gasteiger partial charge in [0.1, 0.15) is 5.69 Å². The van der Waals surface area contributed by atoms with Crippen LogP contribution in [0.5, 0.6) is 11.5 Å². The average Bonchev–Trinajstić information content (AvgIpc) is 2.64. The molecule has 0 spiro atoms. The number of hydrogen-bond acceptors (Lipinski definition) is 8. The van der Waals surface area contributed by atoms with Crippen molar-refractivity contribution in [3.8, 4) is 11.5 Å². The summed E-state index contributed by atoms with van der Waals surface area (Å²) in [5, 5.41) is 11.1. The van der Waals surface area contributed by atoms with Crippen LogP contribution in [0, 0.1) is 10.1 Å². The standard InChI is InChI=1S/C17H16BrN3O8/c1-3-28-12-7-9(6-10(18)15(12)29-8-13(22)27-2)4-5-11-14(21(25)26)16(23)20-17(24)19-11/h4-7H,3,8H2,1-2H3,(H2,19,20,23,24)/b5-4+. The van der Waals surface area contributed by atoms with Crippen LogP contribution in [-0.2, 0) is 9.53 Å². The summed E-state index contributed by atoms with van der Waals surface area (Å²) in [5.74, 6) is -0.00171. The van der Waals surface area contributed by atoms with Crippen molar-refractivity contribution >= 4 is 39.7 Å². The Bertz CT molecular complexity index is 1070. The second-order valence-corrected chi connectivity index (χ2v) is 6.24. The van der Waals surface area contributed by atoms with E-state index < -0.39 is 27.8 Å². The number of hydrogen-bond donors (Lipinski definition) is 2. The smallest absolute Gasteiger partial charge is 0.357 e. The number of nitrogens with one attached hydrogen (secondary N) is 2. The zero-order valence-corrected chi connectivity index (χ0v) is 16.9. The summed E-state index contributed by atoms with van der Waals surface area (Å²) in [6, 6.07) is 3.16. The van der Waals surface area contributed by atoms with Crippen molar-refractivity contribution in [2.75, 3.05) is 20.3 Å². The van der Waals surface area contributed by atoms with Crippen LogP contribution in [0.15, 0.2) is 26.2 Å². The summed E-state index contributed by atoms with van der Waals surface area (Å²) in [7, 11) is 1.23. The van der Waals surface area contributed by atoms with Gasteiger partial charge in [-0.1, -0.05) is 6.08 Å².